The quantitative estimate of drug-likeness (QED) is 0.225. The Balaban J connectivity index is 1.68. The molecule has 2 atom stereocenters. The van der Waals surface area contributed by atoms with Crippen molar-refractivity contribution in [3.05, 3.63) is 69.7 Å². The number of urea groups is 2. The van der Waals surface area contributed by atoms with Crippen LogP contribution in [0.3, 0.4) is 0 Å². The molecule has 4 amide bonds. The van der Waals surface area contributed by atoms with Gasteiger partial charge in [-0.2, -0.15) is 0 Å². The van der Waals surface area contributed by atoms with Gasteiger partial charge in [-0.25, -0.2) is 9.59 Å². The summed E-state index contributed by atoms with van der Waals surface area (Å²) in [4.78, 5) is 48.5. The summed E-state index contributed by atoms with van der Waals surface area (Å²) in [7, 11) is 0. The molecule has 0 aliphatic heterocycles. The maximum Gasteiger partial charge on any atom is 0.312 e. The van der Waals surface area contributed by atoms with Crippen molar-refractivity contribution in [2.45, 2.75) is 38.3 Å². The summed E-state index contributed by atoms with van der Waals surface area (Å²) >= 11 is 6.01. The smallest absolute Gasteiger partial charge is 0.312 e. The summed E-state index contributed by atoms with van der Waals surface area (Å²) in [6, 6.07) is 11.2. The molecule has 0 bridgehead atoms. The molecule has 0 saturated heterocycles. The van der Waals surface area contributed by atoms with Crippen molar-refractivity contribution in [1.29, 1.82) is 0 Å². The van der Waals surface area contributed by atoms with E-state index < -0.39 is 48.2 Å². The lowest BCUT2D eigenvalue weighted by Gasteiger charge is -2.26. The molecule has 0 spiro atoms. The number of carbonyl (C=O) groups is 4. The van der Waals surface area contributed by atoms with E-state index >= 15 is 0 Å². The van der Waals surface area contributed by atoms with Crippen LogP contribution < -0.4 is 27.4 Å². The van der Waals surface area contributed by atoms with Crippen LogP contribution in [-0.4, -0.2) is 54.4 Å². The molecule has 1 aliphatic rings. The zero-order valence-electron chi connectivity index (χ0n) is 20.6. The van der Waals surface area contributed by atoms with Crippen LogP contribution in [0.4, 0.5) is 9.59 Å². The fraction of sp³-hybridized carbons (Fsp3) is 0.385. The van der Waals surface area contributed by atoms with E-state index in [1.54, 1.807) is 18.2 Å². The SMILES string of the molecule is CC(Cc1ccc2c(c1)CC(C(=O)CNC(N)=O)(C(=O)CNC(N)=O)C2)NC[C@H](O)c1cccc(Cl)c1. The zero-order valence-corrected chi connectivity index (χ0v) is 21.3. The molecule has 37 heavy (non-hydrogen) atoms. The fourth-order valence-corrected chi connectivity index (χ4v) is 4.85. The lowest BCUT2D eigenvalue weighted by Crippen LogP contribution is -2.50. The van der Waals surface area contributed by atoms with Crippen molar-refractivity contribution in [2.75, 3.05) is 19.6 Å². The second-order valence-electron chi connectivity index (χ2n) is 9.40. The Morgan fingerprint density at radius 1 is 0.973 bits per heavy atom. The molecule has 2 aromatic carbocycles. The van der Waals surface area contributed by atoms with Crippen molar-refractivity contribution in [2.24, 2.45) is 16.9 Å². The molecule has 8 N–H and O–H groups in total. The summed E-state index contributed by atoms with van der Waals surface area (Å²) in [6.45, 7) is 1.56. The third-order valence-electron chi connectivity index (χ3n) is 6.60. The second-order valence-corrected chi connectivity index (χ2v) is 9.84. The van der Waals surface area contributed by atoms with Crippen LogP contribution >= 0.6 is 11.6 Å². The van der Waals surface area contributed by atoms with Crippen molar-refractivity contribution in [3.8, 4) is 0 Å². The first-order valence-corrected chi connectivity index (χ1v) is 12.3. The summed E-state index contributed by atoms with van der Waals surface area (Å²) in [6.07, 6.45) is 0.240. The number of carbonyl (C=O) groups excluding carboxylic acids is 4. The van der Waals surface area contributed by atoms with E-state index in [-0.39, 0.29) is 18.9 Å². The Hall–Kier alpha value is -3.47. The molecule has 2 aromatic rings. The Kier molecular flexibility index (Phi) is 9.25. The van der Waals surface area contributed by atoms with E-state index in [9.17, 15) is 24.3 Å². The first kappa shape index (κ1) is 28.1. The van der Waals surface area contributed by atoms with Gasteiger partial charge in [-0.05, 0) is 60.6 Å². The number of ketones is 2. The monoisotopic (exact) mass is 529 g/mol. The number of nitrogens with two attached hydrogens (primary N) is 2. The molecule has 1 aliphatic carbocycles. The molecule has 3 rings (SSSR count). The number of hydrogen-bond donors (Lipinski definition) is 6. The minimum atomic E-state index is -1.43. The number of amides is 4. The van der Waals surface area contributed by atoms with E-state index in [1.165, 1.54) is 0 Å². The lowest BCUT2D eigenvalue weighted by molar-refractivity contribution is -0.139. The van der Waals surface area contributed by atoms with E-state index in [0.29, 0.717) is 18.0 Å². The van der Waals surface area contributed by atoms with E-state index in [4.69, 9.17) is 23.1 Å². The number of hydrogen-bond acceptors (Lipinski definition) is 6. The number of fused-ring (bicyclic) bond motifs is 1. The molecule has 198 valence electrons. The Morgan fingerprint density at radius 2 is 1.59 bits per heavy atom. The van der Waals surface area contributed by atoms with Gasteiger partial charge in [-0.3, -0.25) is 9.59 Å². The highest BCUT2D eigenvalue weighted by atomic mass is 35.5. The second kappa shape index (κ2) is 12.2. The minimum Gasteiger partial charge on any atom is -0.387 e. The zero-order chi connectivity index (χ0) is 27.2. The van der Waals surface area contributed by atoms with Gasteiger partial charge in [0, 0.05) is 17.6 Å². The summed E-state index contributed by atoms with van der Waals surface area (Å²) in [5.74, 6) is -0.962. The summed E-state index contributed by atoms with van der Waals surface area (Å²) < 4.78 is 0. The van der Waals surface area contributed by atoms with Gasteiger partial charge < -0.3 is 32.5 Å². The van der Waals surface area contributed by atoms with Gasteiger partial charge in [0.05, 0.1) is 24.6 Å². The molecular formula is C26H32ClN5O5. The maximum absolute atomic E-state index is 13.1. The number of Topliss-reactive ketones (excluding diaryl/α,β-unsaturated/α-hetero) is 2. The van der Waals surface area contributed by atoms with Crippen LogP contribution in [0, 0.1) is 5.41 Å². The van der Waals surface area contributed by atoms with Crippen molar-refractivity contribution in [3.63, 3.8) is 0 Å². The normalized spacial score (nSPS) is 15.3. The predicted octanol–water partition coefficient (Wildman–Crippen LogP) is 1.15. The maximum atomic E-state index is 13.1. The van der Waals surface area contributed by atoms with Crippen LogP contribution in [0.25, 0.3) is 0 Å². The van der Waals surface area contributed by atoms with Crippen LogP contribution in [-0.2, 0) is 28.9 Å². The average Bonchev–Trinajstić information content (AvgIpc) is 3.24. The van der Waals surface area contributed by atoms with Crippen molar-refractivity contribution < 1.29 is 24.3 Å². The summed E-state index contributed by atoms with van der Waals surface area (Å²) in [5.41, 5.74) is 12.2. The van der Waals surface area contributed by atoms with E-state index in [1.807, 2.05) is 31.2 Å². The fourth-order valence-electron chi connectivity index (χ4n) is 4.65. The lowest BCUT2D eigenvalue weighted by atomic mass is 9.76. The standard InChI is InChI=1S/C26H32ClN5O5/c1-15(30-12-21(33)17-3-2-4-20(27)9-17)7-16-5-6-18-10-26(11-19(18)8-16,22(34)13-31-24(28)36)23(35)14-32-25(29)37/h2-6,8-9,15,21,30,33H,7,10-14H2,1H3,(H3,28,31,36)(H3,29,32,37)/t15?,21-/m0/s1. The Morgan fingerprint density at radius 3 is 2.19 bits per heavy atom. The number of nitrogens with one attached hydrogen (secondary N) is 3. The minimum absolute atomic E-state index is 0.0286. The van der Waals surface area contributed by atoms with Crippen molar-refractivity contribution >= 4 is 35.2 Å². The van der Waals surface area contributed by atoms with Gasteiger partial charge in [-0.15, -0.1) is 0 Å². The molecule has 0 aromatic heterocycles. The first-order valence-electron chi connectivity index (χ1n) is 11.9. The first-order chi connectivity index (χ1) is 17.5. The highest BCUT2D eigenvalue weighted by Crippen LogP contribution is 2.39. The highest BCUT2D eigenvalue weighted by Gasteiger charge is 2.49. The molecule has 0 fully saturated rings. The Bertz CT molecular complexity index is 1160. The summed E-state index contributed by atoms with van der Waals surface area (Å²) in [5, 5.41) is 18.8. The molecular weight excluding hydrogens is 498 g/mol. The van der Waals surface area contributed by atoms with Gasteiger partial charge in [0.25, 0.3) is 0 Å². The number of benzene rings is 2. The van der Waals surface area contributed by atoms with Gasteiger partial charge in [0.2, 0.25) is 0 Å². The van der Waals surface area contributed by atoms with Gasteiger partial charge in [0.1, 0.15) is 0 Å². The number of primary amides is 2. The molecule has 11 heteroatoms. The topological polar surface area (TPSA) is 177 Å². The van der Waals surface area contributed by atoms with Crippen LogP contribution in [0.15, 0.2) is 42.5 Å². The number of rotatable bonds is 12. The van der Waals surface area contributed by atoms with Crippen LogP contribution in [0.1, 0.15) is 35.3 Å². The third kappa shape index (κ3) is 7.28. The number of aliphatic hydroxyl groups excluding tert-OH is 1. The average molecular weight is 530 g/mol. The highest BCUT2D eigenvalue weighted by molar-refractivity contribution is 6.30. The molecule has 0 heterocycles. The van der Waals surface area contributed by atoms with Gasteiger partial charge >= 0.3 is 12.1 Å². The molecule has 0 saturated carbocycles. The van der Waals surface area contributed by atoms with Crippen LogP contribution in [0.5, 0.6) is 0 Å². The Labute approximate surface area is 220 Å². The largest absolute Gasteiger partial charge is 0.387 e. The predicted molar refractivity (Wildman–Crippen MR) is 139 cm³/mol. The molecule has 1 unspecified atom stereocenters. The third-order valence-corrected chi connectivity index (χ3v) is 6.84. The van der Waals surface area contributed by atoms with Crippen LogP contribution in [0.2, 0.25) is 5.02 Å². The van der Waals surface area contributed by atoms with E-state index in [0.717, 1.165) is 22.3 Å². The number of aliphatic hydroxyl groups is 1. The van der Waals surface area contributed by atoms with Gasteiger partial charge in [-0.1, -0.05) is 41.9 Å². The molecule has 0 radical (unpaired) electrons. The van der Waals surface area contributed by atoms with Gasteiger partial charge in [0.15, 0.2) is 11.6 Å². The number of halogens is 1. The molecule has 10 nitrogen and oxygen atoms in total. The van der Waals surface area contributed by atoms with E-state index in [2.05, 4.69) is 16.0 Å². The van der Waals surface area contributed by atoms with Crippen molar-refractivity contribution in [1.82, 2.24) is 16.0 Å².